The van der Waals surface area contributed by atoms with E-state index in [0.717, 1.165) is 6.42 Å². The molecule has 0 aromatic rings. The second-order valence-electron chi connectivity index (χ2n) is 3.22. The molecule has 0 aromatic heterocycles. The Hall–Kier alpha value is -0.650. The van der Waals surface area contributed by atoms with E-state index in [1.54, 1.807) is 21.0 Å². The molecule has 0 rings (SSSR count). The van der Waals surface area contributed by atoms with Crippen LogP contribution >= 0.6 is 0 Å². The van der Waals surface area contributed by atoms with E-state index in [2.05, 4.69) is 0 Å². The maximum atomic E-state index is 11.1. The van der Waals surface area contributed by atoms with Crippen molar-refractivity contribution in [2.75, 3.05) is 40.1 Å². The van der Waals surface area contributed by atoms with Crippen LogP contribution in [0.25, 0.3) is 0 Å². The van der Waals surface area contributed by atoms with E-state index in [0.29, 0.717) is 33.0 Å². The third kappa shape index (κ3) is 8.64. The summed E-state index contributed by atoms with van der Waals surface area (Å²) in [5, 5.41) is 0. The molecule has 0 spiro atoms. The van der Waals surface area contributed by atoms with Gasteiger partial charge >= 0.3 is 5.97 Å². The molecule has 0 amide bonds. The Morgan fingerprint density at radius 3 is 2.56 bits per heavy atom. The van der Waals surface area contributed by atoms with Gasteiger partial charge in [0.15, 0.2) is 6.10 Å². The van der Waals surface area contributed by atoms with Crippen molar-refractivity contribution in [3.05, 3.63) is 0 Å². The Balaban J connectivity index is 3.27. The molecule has 0 saturated carbocycles. The lowest BCUT2D eigenvalue weighted by Gasteiger charge is -2.11. The predicted molar refractivity (Wildman–Crippen MR) is 59.4 cm³/mol. The summed E-state index contributed by atoms with van der Waals surface area (Å²) in [5.74, 6) is -0.332. The molecule has 0 aliphatic carbocycles. The van der Waals surface area contributed by atoms with Gasteiger partial charge in [0.2, 0.25) is 0 Å². The van der Waals surface area contributed by atoms with Gasteiger partial charge in [-0.2, -0.15) is 0 Å². The first-order valence-electron chi connectivity index (χ1n) is 5.57. The van der Waals surface area contributed by atoms with Crippen LogP contribution in [0.1, 0.15) is 20.3 Å². The van der Waals surface area contributed by atoms with Crippen LogP contribution < -0.4 is 0 Å². The normalized spacial score (nSPS) is 12.4. The first kappa shape index (κ1) is 15.3. The van der Waals surface area contributed by atoms with Crippen LogP contribution in [0.3, 0.4) is 0 Å². The highest BCUT2D eigenvalue weighted by molar-refractivity contribution is 5.74. The molecule has 0 saturated heterocycles. The highest BCUT2D eigenvalue weighted by atomic mass is 16.6. The fourth-order valence-electron chi connectivity index (χ4n) is 1.02. The minimum absolute atomic E-state index is 0.332. The second-order valence-corrected chi connectivity index (χ2v) is 3.22. The highest BCUT2D eigenvalue weighted by Gasteiger charge is 2.13. The van der Waals surface area contributed by atoms with Gasteiger partial charge in [-0.15, -0.1) is 0 Å². The summed E-state index contributed by atoms with van der Waals surface area (Å²) in [6.07, 6.45) is 0.340. The van der Waals surface area contributed by atoms with Crippen molar-refractivity contribution in [3.8, 4) is 0 Å². The summed E-state index contributed by atoms with van der Waals surface area (Å²) < 4.78 is 20.2. The summed E-state index contributed by atoms with van der Waals surface area (Å²) in [6.45, 7) is 6.03. The molecule has 1 atom stereocenters. The van der Waals surface area contributed by atoms with Crippen LogP contribution in [0.15, 0.2) is 0 Å². The molecular weight excluding hydrogens is 212 g/mol. The number of methoxy groups -OCH3 is 1. The van der Waals surface area contributed by atoms with Gasteiger partial charge in [-0.05, 0) is 20.3 Å². The molecule has 1 unspecified atom stereocenters. The van der Waals surface area contributed by atoms with Crippen molar-refractivity contribution in [2.45, 2.75) is 26.4 Å². The Morgan fingerprint density at radius 2 is 1.94 bits per heavy atom. The number of rotatable bonds is 10. The number of hydrogen-bond acceptors (Lipinski definition) is 5. The maximum Gasteiger partial charge on any atom is 0.334 e. The third-order valence-electron chi connectivity index (χ3n) is 1.85. The van der Waals surface area contributed by atoms with Crippen LogP contribution in [0.4, 0.5) is 0 Å². The van der Waals surface area contributed by atoms with E-state index in [9.17, 15) is 4.79 Å². The minimum Gasteiger partial charge on any atom is -0.464 e. The molecule has 0 radical (unpaired) electrons. The summed E-state index contributed by atoms with van der Waals surface area (Å²) >= 11 is 0. The van der Waals surface area contributed by atoms with Crippen LogP contribution in [0.2, 0.25) is 0 Å². The van der Waals surface area contributed by atoms with Gasteiger partial charge in [0.1, 0.15) is 0 Å². The third-order valence-corrected chi connectivity index (χ3v) is 1.85. The lowest BCUT2D eigenvalue weighted by atomic mass is 10.4. The van der Waals surface area contributed by atoms with Gasteiger partial charge in [-0.1, -0.05) is 0 Å². The van der Waals surface area contributed by atoms with Crippen molar-refractivity contribution in [1.82, 2.24) is 0 Å². The average molecular weight is 234 g/mol. The standard InChI is InChI=1S/C11H22O5/c1-4-15-11(12)10(2)16-9-8-14-7-5-6-13-3/h10H,4-9H2,1-3H3. The number of esters is 1. The fraction of sp³-hybridized carbons (Fsp3) is 0.909. The van der Waals surface area contributed by atoms with E-state index >= 15 is 0 Å². The molecule has 0 aliphatic heterocycles. The van der Waals surface area contributed by atoms with Gasteiger partial charge in [0, 0.05) is 20.3 Å². The van der Waals surface area contributed by atoms with E-state index in [4.69, 9.17) is 18.9 Å². The Bertz CT molecular complexity index is 172. The number of carbonyl (C=O) groups is 1. The van der Waals surface area contributed by atoms with Gasteiger partial charge in [0.25, 0.3) is 0 Å². The van der Waals surface area contributed by atoms with E-state index < -0.39 is 6.10 Å². The van der Waals surface area contributed by atoms with Crippen molar-refractivity contribution in [3.63, 3.8) is 0 Å². The zero-order valence-electron chi connectivity index (χ0n) is 10.4. The van der Waals surface area contributed by atoms with Crippen LogP contribution in [0.5, 0.6) is 0 Å². The minimum atomic E-state index is -0.525. The van der Waals surface area contributed by atoms with E-state index in [-0.39, 0.29) is 5.97 Å². The van der Waals surface area contributed by atoms with Crippen molar-refractivity contribution in [2.24, 2.45) is 0 Å². The number of ether oxygens (including phenoxy) is 4. The van der Waals surface area contributed by atoms with E-state index in [1.165, 1.54) is 0 Å². The highest BCUT2D eigenvalue weighted by Crippen LogP contribution is 1.95. The molecule has 0 aliphatic rings. The molecule has 0 bridgehead atoms. The molecule has 0 N–H and O–H groups in total. The monoisotopic (exact) mass is 234 g/mol. The van der Waals surface area contributed by atoms with Crippen molar-refractivity contribution < 1.29 is 23.7 Å². The van der Waals surface area contributed by atoms with Crippen molar-refractivity contribution in [1.29, 1.82) is 0 Å². The van der Waals surface area contributed by atoms with Gasteiger partial charge in [0.05, 0.1) is 19.8 Å². The zero-order valence-corrected chi connectivity index (χ0v) is 10.4. The average Bonchev–Trinajstić information content (AvgIpc) is 2.28. The molecule has 16 heavy (non-hydrogen) atoms. The smallest absolute Gasteiger partial charge is 0.334 e. The number of carbonyl (C=O) groups excluding carboxylic acids is 1. The first-order chi connectivity index (χ1) is 7.72. The number of hydrogen-bond donors (Lipinski definition) is 0. The maximum absolute atomic E-state index is 11.1. The molecule has 0 aromatic carbocycles. The topological polar surface area (TPSA) is 54.0 Å². The lowest BCUT2D eigenvalue weighted by Crippen LogP contribution is -2.25. The second kappa shape index (κ2) is 10.9. The predicted octanol–water partition coefficient (Wildman–Crippen LogP) is 1.01. The Labute approximate surface area is 97.0 Å². The molecule has 5 nitrogen and oxygen atoms in total. The molecular formula is C11H22O5. The Kier molecular flexibility index (Phi) is 10.4. The SMILES string of the molecule is CCOC(=O)C(C)OCCOCCCOC. The fourth-order valence-corrected chi connectivity index (χ4v) is 1.02. The largest absolute Gasteiger partial charge is 0.464 e. The zero-order chi connectivity index (χ0) is 12.2. The van der Waals surface area contributed by atoms with Gasteiger partial charge in [-0.25, -0.2) is 4.79 Å². The molecule has 5 heteroatoms. The molecule has 0 heterocycles. The Morgan fingerprint density at radius 1 is 1.19 bits per heavy atom. The summed E-state index contributed by atoms with van der Waals surface area (Å²) in [4.78, 5) is 11.1. The quantitative estimate of drug-likeness (QED) is 0.417. The summed E-state index contributed by atoms with van der Waals surface area (Å²) in [7, 11) is 1.66. The summed E-state index contributed by atoms with van der Waals surface area (Å²) in [5.41, 5.74) is 0. The van der Waals surface area contributed by atoms with Crippen LogP contribution in [0, 0.1) is 0 Å². The van der Waals surface area contributed by atoms with Crippen molar-refractivity contribution >= 4 is 5.97 Å². The van der Waals surface area contributed by atoms with Gasteiger partial charge in [-0.3, -0.25) is 0 Å². The summed E-state index contributed by atoms with van der Waals surface area (Å²) in [6, 6.07) is 0. The van der Waals surface area contributed by atoms with Crippen LogP contribution in [-0.4, -0.2) is 52.2 Å². The first-order valence-corrected chi connectivity index (χ1v) is 5.57. The molecule has 0 fully saturated rings. The van der Waals surface area contributed by atoms with E-state index in [1.807, 2.05) is 0 Å². The van der Waals surface area contributed by atoms with Gasteiger partial charge < -0.3 is 18.9 Å². The molecule has 96 valence electrons. The van der Waals surface area contributed by atoms with Crippen LogP contribution in [-0.2, 0) is 23.7 Å². The lowest BCUT2D eigenvalue weighted by molar-refractivity contribution is -0.156.